The molecule has 0 bridgehead atoms. The van der Waals surface area contributed by atoms with Gasteiger partial charge in [-0.05, 0) is 13.1 Å². The van der Waals surface area contributed by atoms with Crippen LogP contribution in [-0.2, 0) is 4.57 Å². The van der Waals surface area contributed by atoms with Crippen LogP contribution in [0.1, 0.15) is 20.3 Å². The summed E-state index contributed by atoms with van der Waals surface area (Å²) in [7, 11) is -1.94. The second kappa shape index (κ2) is 2.68. The minimum atomic E-state index is -1.94. The summed E-state index contributed by atoms with van der Waals surface area (Å²) in [5.74, 6) is 2.98. The Labute approximate surface area is 68.9 Å². The van der Waals surface area contributed by atoms with Gasteiger partial charge in [-0.25, -0.2) is 0 Å². The molecule has 0 radical (unpaired) electrons. The molecule has 1 nitrogen and oxygen atoms in total. The first kappa shape index (κ1) is 8.88. The first-order chi connectivity index (χ1) is 5.00. The predicted octanol–water partition coefficient (Wildman–Crippen LogP) is 2.41. The Morgan fingerprint density at radius 1 is 1.55 bits per heavy atom. The molecular weight excluding hydrogens is 155 g/mol. The molecule has 0 aromatic rings. The smallest absolute Gasteiger partial charge is 0.0913 e. The Morgan fingerprint density at radius 3 is 2.27 bits per heavy atom. The highest BCUT2D eigenvalue weighted by molar-refractivity contribution is 7.64. The van der Waals surface area contributed by atoms with Crippen molar-refractivity contribution in [1.29, 1.82) is 0 Å². The fourth-order valence-electron chi connectivity index (χ4n) is 1.74. The van der Waals surface area contributed by atoms with E-state index in [1.807, 2.05) is 13.6 Å². The summed E-state index contributed by atoms with van der Waals surface area (Å²) in [4.78, 5) is 0. The summed E-state index contributed by atoms with van der Waals surface area (Å²) in [5, 5.41) is 0. The van der Waals surface area contributed by atoms with Gasteiger partial charge in [0.2, 0.25) is 0 Å². The van der Waals surface area contributed by atoms with Crippen molar-refractivity contribution in [3.05, 3.63) is 0 Å². The van der Waals surface area contributed by atoms with E-state index in [0.717, 1.165) is 6.42 Å². The summed E-state index contributed by atoms with van der Waals surface area (Å²) < 4.78 is 11.9. The lowest BCUT2D eigenvalue weighted by Gasteiger charge is -2.15. The Hall–Kier alpha value is -0.210. The summed E-state index contributed by atoms with van der Waals surface area (Å²) in [6.07, 6.45) is 6.29. The van der Waals surface area contributed by atoms with Gasteiger partial charge in [0.05, 0.1) is 7.14 Å². The molecule has 0 amide bonds. The second-order valence-corrected chi connectivity index (χ2v) is 7.47. The zero-order valence-electron chi connectivity index (χ0n) is 7.37. The van der Waals surface area contributed by atoms with Gasteiger partial charge in [0.15, 0.2) is 0 Å². The van der Waals surface area contributed by atoms with E-state index in [0.29, 0.717) is 5.66 Å². The maximum Gasteiger partial charge on any atom is 0.0913 e. The first-order valence-corrected chi connectivity index (χ1v) is 6.32. The third-order valence-corrected chi connectivity index (χ3v) is 7.01. The molecule has 1 rings (SSSR count). The lowest BCUT2D eigenvalue weighted by molar-refractivity contribution is 0.570. The van der Waals surface area contributed by atoms with Crippen molar-refractivity contribution in [2.24, 2.45) is 5.92 Å². The van der Waals surface area contributed by atoms with E-state index in [1.165, 1.54) is 0 Å². The van der Waals surface area contributed by atoms with Crippen LogP contribution in [0.15, 0.2) is 0 Å². The van der Waals surface area contributed by atoms with Crippen molar-refractivity contribution >= 4 is 7.14 Å². The summed E-state index contributed by atoms with van der Waals surface area (Å²) in [6, 6.07) is 0. The maximum atomic E-state index is 11.9. The number of rotatable bonds is 0. The second-order valence-electron chi connectivity index (χ2n) is 3.66. The number of terminal acetylenes is 1. The average molecular weight is 170 g/mol. The van der Waals surface area contributed by atoms with Crippen molar-refractivity contribution in [2.75, 3.05) is 6.66 Å². The minimum Gasteiger partial charge on any atom is -0.323 e. The molecule has 62 valence electrons. The Balaban J connectivity index is 2.91. The normalized spacial score (nSPS) is 50.5. The quantitative estimate of drug-likeness (QED) is 0.403. The minimum absolute atomic E-state index is 0.238. The maximum absolute atomic E-state index is 11.9. The van der Waals surface area contributed by atoms with Crippen LogP contribution in [-0.4, -0.2) is 18.0 Å². The van der Waals surface area contributed by atoms with E-state index in [4.69, 9.17) is 6.42 Å². The zero-order valence-corrected chi connectivity index (χ0v) is 8.27. The Morgan fingerprint density at radius 2 is 2.09 bits per heavy atom. The van der Waals surface area contributed by atoms with Crippen LogP contribution in [0.5, 0.6) is 0 Å². The molecule has 11 heavy (non-hydrogen) atoms. The standard InChI is InChI=1S/C9H15OP/c1-5-9-6-7(2)11(4,10)8(9)3/h1,7-9H,6H2,2-4H3. The SMILES string of the molecule is C#CC1CC(C)P(C)(=O)C1C. The molecule has 0 aliphatic carbocycles. The molecule has 2 heteroatoms. The third-order valence-electron chi connectivity index (χ3n) is 3.08. The van der Waals surface area contributed by atoms with E-state index in [-0.39, 0.29) is 11.6 Å². The van der Waals surface area contributed by atoms with Gasteiger partial charge in [0.1, 0.15) is 0 Å². The monoisotopic (exact) mass is 170 g/mol. The van der Waals surface area contributed by atoms with Gasteiger partial charge >= 0.3 is 0 Å². The van der Waals surface area contributed by atoms with Crippen molar-refractivity contribution in [3.8, 4) is 12.3 Å². The first-order valence-electron chi connectivity index (χ1n) is 4.03. The van der Waals surface area contributed by atoms with Crippen molar-refractivity contribution in [2.45, 2.75) is 31.6 Å². The number of hydrogen-bond acceptors (Lipinski definition) is 1. The molecule has 0 aromatic heterocycles. The van der Waals surface area contributed by atoms with Crippen LogP contribution in [0, 0.1) is 18.3 Å². The molecule has 4 atom stereocenters. The largest absolute Gasteiger partial charge is 0.323 e. The van der Waals surface area contributed by atoms with Crippen LogP contribution in [0.2, 0.25) is 0 Å². The van der Waals surface area contributed by atoms with E-state index < -0.39 is 7.14 Å². The fraction of sp³-hybridized carbons (Fsp3) is 0.778. The van der Waals surface area contributed by atoms with Crippen molar-refractivity contribution < 1.29 is 4.57 Å². The van der Waals surface area contributed by atoms with Gasteiger partial charge in [-0.15, -0.1) is 12.3 Å². The third kappa shape index (κ3) is 1.25. The van der Waals surface area contributed by atoms with Gasteiger partial charge < -0.3 is 4.57 Å². The molecule has 1 saturated heterocycles. The fourth-order valence-corrected chi connectivity index (χ4v) is 4.11. The van der Waals surface area contributed by atoms with E-state index >= 15 is 0 Å². The molecular formula is C9H15OP. The summed E-state index contributed by atoms with van der Waals surface area (Å²) in [6.45, 7) is 5.96. The van der Waals surface area contributed by atoms with E-state index in [1.54, 1.807) is 0 Å². The molecule has 0 spiro atoms. The van der Waals surface area contributed by atoms with Crippen LogP contribution >= 0.6 is 7.14 Å². The summed E-state index contributed by atoms with van der Waals surface area (Å²) >= 11 is 0. The van der Waals surface area contributed by atoms with E-state index in [2.05, 4.69) is 12.8 Å². The predicted molar refractivity (Wildman–Crippen MR) is 49.4 cm³/mol. The van der Waals surface area contributed by atoms with Crippen LogP contribution in [0.25, 0.3) is 0 Å². The zero-order chi connectivity index (χ0) is 8.65. The van der Waals surface area contributed by atoms with Gasteiger partial charge in [-0.2, -0.15) is 0 Å². The van der Waals surface area contributed by atoms with Gasteiger partial charge in [-0.3, -0.25) is 0 Å². The van der Waals surface area contributed by atoms with Crippen LogP contribution < -0.4 is 0 Å². The number of hydrogen-bond donors (Lipinski definition) is 0. The molecule has 0 aromatic carbocycles. The molecule has 0 saturated carbocycles. The van der Waals surface area contributed by atoms with Gasteiger partial charge in [0, 0.05) is 17.2 Å². The van der Waals surface area contributed by atoms with E-state index in [9.17, 15) is 4.57 Å². The Kier molecular flexibility index (Phi) is 2.17. The molecule has 4 unspecified atom stereocenters. The molecule has 0 N–H and O–H groups in total. The van der Waals surface area contributed by atoms with Crippen molar-refractivity contribution in [1.82, 2.24) is 0 Å². The Bertz CT molecular complexity index is 238. The highest BCUT2D eigenvalue weighted by Crippen LogP contribution is 2.61. The molecule has 1 aliphatic heterocycles. The highest BCUT2D eigenvalue weighted by Gasteiger charge is 2.42. The van der Waals surface area contributed by atoms with Gasteiger partial charge in [0.25, 0.3) is 0 Å². The molecule has 1 aliphatic rings. The average Bonchev–Trinajstić information content (AvgIpc) is 2.14. The van der Waals surface area contributed by atoms with Crippen LogP contribution in [0.4, 0.5) is 0 Å². The lowest BCUT2D eigenvalue weighted by atomic mass is 10.0. The van der Waals surface area contributed by atoms with Crippen LogP contribution in [0.3, 0.4) is 0 Å². The highest BCUT2D eigenvalue weighted by atomic mass is 31.2. The molecule has 1 heterocycles. The van der Waals surface area contributed by atoms with Gasteiger partial charge in [-0.1, -0.05) is 13.8 Å². The topological polar surface area (TPSA) is 17.1 Å². The summed E-state index contributed by atoms with van der Waals surface area (Å²) in [5.41, 5.74) is 0.570. The lowest BCUT2D eigenvalue weighted by Crippen LogP contribution is -2.06. The van der Waals surface area contributed by atoms with Crippen molar-refractivity contribution in [3.63, 3.8) is 0 Å². The molecule has 1 fully saturated rings.